The molecule has 0 aliphatic carbocycles. The highest BCUT2D eigenvalue weighted by atomic mass is 16.1. The molecule has 0 fully saturated rings. The monoisotopic (exact) mass is 87.1 g/mol. The highest BCUT2D eigenvalue weighted by molar-refractivity contribution is 5.49. The summed E-state index contributed by atoms with van der Waals surface area (Å²) in [7, 11) is 1.82. The molecule has 0 spiro atoms. The van der Waals surface area contributed by atoms with Crippen molar-refractivity contribution in [1.82, 2.24) is 5.32 Å². The Morgan fingerprint density at radius 1 is 1.83 bits per heavy atom. The first kappa shape index (κ1) is 5.63. The fourth-order valence-electron chi connectivity index (χ4n) is 0.203. The first-order valence-corrected chi connectivity index (χ1v) is 2.00. The average Bonchev–Trinajstić information content (AvgIpc) is 1.61. The van der Waals surface area contributed by atoms with Gasteiger partial charge in [-0.3, -0.25) is 0 Å². The summed E-state index contributed by atoms with van der Waals surface area (Å²) in [5, 5.41) is 2.84. The van der Waals surface area contributed by atoms with Crippen molar-refractivity contribution >= 4 is 6.29 Å². The van der Waals surface area contributed by atoms with E-state index in [0.29, 0.717) is 6.42 Å². The van der Waals surface area contributed by atoms with Gasteiger partial charge in [-0.05, 0) is 7.05 Å². The Hall–Kier alpha value is -0.370. The number of hydrogen-bond acceptors (Lipinski definition) is 2. The highest BCUT2D eigenvalue weighted by Gasteiger charge is 1.72. The number of carbonyl (C=O) groups excluding carboxylic acids is 1. The molecule has 0 aromatic carbocycles. The molecule has 0 aliphatic rings. The highest BCUT2D eigenvalue weighted by Crippen LogP contribution is 1.59. The lowest BCUT2D eigenvalue weighted by atomic mass is 10.5. The molecule has 6 heavy (non-hydrogen) atoms. The summed E-state index contributed by atoms with van der Waals surface area (Å²) >= 11 is 0. The van der Waals surface area contributed by atoms with Gasteiger partial charge in [0, 0.05) is 13.0 Å². The van der Waals surface area contributed by atoms with Gasteiger partial charge in [0.1, 0.15) is 6.29 Å². The fourth-order valence-corrected chi connectivity index (χ4v) is 0.203. The Bertz CT molecular complexity index is 36.5. The maximum absolute atomic E-state index is 9.52. The molecule has 36 valence electrons. The third-order valence-corrected chi connectivity index (χ3v) is 0.512. The Labute approximate surface area is 37.5 Å². The molecule has 0 saturated heterocycles. The van der Waals surface area contributed by atoms with Crippen molar-refractivity contribution in [3.05, 3.63) is 0 Å². The minimum atomic E-state index is 0.622. The van der Waals surface area contributed by atoms with Gasteiger partial charge in [0.25, 0.3) is 0 Å². The van der Waals surface area contributed by atoms with Crippen molar-refractivity contribution in [2.75, 3.05) is 13.6 Å². The van der Waals surface area contributed by atoms with E-state index in [4.69, 9.17) is 0 Å². The van der Waals surface area contributed by atoms with E-state index in [1.54, 1.807) is 0 Å². The molecule has 0 aromatic rings. The predicted octanol–water partition coefficient (Wildman–Crippen LogP) is -0.205. The molecular formula is C4H9NO. The summed E-state index contributed by atoms with van der Waals surface area (Å²) in [5.41, 5.74) is 0. The number of nitrogens with one attached hydrogen (secondary N) is 1. The van der Waals surface area contributed by atoms with Crippen LogP contribution in [0.3, 0.4) is 0 Å². The van der Waals surface area contributed by atoms with Gasteiger partial charge in [-0.25, -0.2) is 0 Å². The van der Waals surface area contributed by atoms with E-state index < -0.39 is 0 Å². The summed E-state index contributed by atoms with van der Waals surface area (Å²) < 4.78 is 0. The number of carbonyl (C=O) groups is 1. The summed E-state index contributed by atoms with van der Waals surface area (Å²) in [6, 6.07) is 0. The van der Waals surface area contributed by atoms with Crippen molar-refractivity contribution < 1.29 is 4.79 Å². The van der Waals surface area contributed by atoms with Crippen LogP contribution in [0, 0.1) is 0 Å². The molecule has 0 atom stereocenters. The zero-order valence-corrected chi connectivity index (χ0v) is 3.90. The lowest BCUT2D eigenvalue weighted by Crippen LogP contribution is -2.07. The summed E-state index contributed by atoms with van der Waals surface area (Å²) in [6.07, 6.45) is 1.52. The van der Waals surface area contributed by atoms with Crippen LogP contribution in [-0.2, 0) is 4.79 Å². The third kappa shape index (κ3) is 3.63. The number of rotatable bonds is 3. The zero-order chi connectivity index (χ0) is 4.83. The first-order valence-electron chi connectivity index (χ1n) is 2.00. The van der Waals surface area contributed by atoms with Crippen LogP contribution in [0.25, 0.3) is 0 Å². The van der Waals surface area contributed by atoms with Crippen LogP contribution < -0.4 is 5.32 Å². The Kier molecular flexibility index (Phi) is 4.34. The molecule has 2 nitrogen and oxygen atoms in total. The van der Waals surface area contributed by atoms with Gasteiger partial charge in [0.05, 0.1) is 0 Å². The normalized spacial score (nSPS) is 8.17. The zero-order valence-electron chi connectivity index (χ0n) is 3.90. The minimum Gasteiger partial charge on any atom is -0.319 e. The lowest BCUT2D eigenvalue weighted by Gasteiger charge is -1.84. The molecule has 2 heteroatoms. The standard InChI is InChI=1S/C4H9NO/c1-5-3-2-4-6/h4-5H,2-3H2,1H3. The van der Waals surface area contributed by atoms with Crippen LogP contribution >= 0.6 is 0 Å². The molecular weight excluding hydrogens is 78.0 g/mol. The largest absolute Gasteiger partial charge is 0.319 e. The molecule has 0 aromatic heterocycles. The van der Waals surface area contributed by atoms with E-state index >= 15 is 0 Å². The van der Waals surface area contributed by atoms with Crippen molar-refractivity contribution in [3.8, 4) is 0 Å². The van der Waals surface area contributed by atoms with Crippen LogP contribution in [0.5, 0.6) is 0 Å². The molecule has 0 amide bonds. The maximum atomic E-state index is 9.52. The summed E-state index contributed by atoms with van der Waals surface area (Å²) in [5.74, 6) is 0. The molecule has 0 aliphatic heterocycles. The summed E-state index contributed by atoms with van der Waals surface area (Å²) in [4.78, 5) is 9.52. The molecule has 0 saturated carbocycles. The second-order valence-corrected chi connectivity index (χ2v) is 1.06. The molecule has 0 bridgehead atoms. The van der Waals surface area contributed by atoms with Gasteiger partial charge in [-0.2, -0.15) is 0 Å². The maximum Gasteiger partial charge on any atom is 0.121 e. The van der Waals surface area contributed by atoms with E-state index in [9.17, 15) is 4.79 Å². The van der Waals surface area contributed by atoms with Gasteiger partial charge in [0.2, 0.25) is 0 Å². The number of aldehydes is 1. The second-order valence-electron chi connectivity index (χ2n) is 1.06. The van der Waals surface area contributed by atoms with Crippen LogP contribution in [-0.4, -0.2) is 19.9 Å². The SMILES string of the molecule is CNCCC=O. The minimum absolute atomic E-state index is 0.622. The van der Waals surface area contributed by atoms with Gasteiger partial charge in [0.15, 0.2) is 0 Å². The molecule has 0 heterocycles. The van der Waals surface area contributed by atoms with E-state index in [2.05, 4.69) is 5.32 Å². The first-order chi connectivity index (χ1) is 2.91. The average molecular weight is 87.1 g/mol. The molecule has 0 rings (SSSR count). The van der Waals surface area contributed by atoms with Crippen molar-refractivity contribution in [2.45, 2.75) is 6.42 Å². The Morgan fingerprint density at radius 3 is 2.67 bits per heavy atom. The van der Waals surface area contributed by atoms with E-state index in [1.807, 2.05) is 7.05 Å². The van der Waals surface area contributed by atoms with Crippen molar-refractivity contribution in [1.29, 1.82) is 0 Å². The van der Waals surface area contributed by atoms with E-state index in [-0.39, 0.29) is 0 Å². The topological polar surface area (TPSA) is 29.1 Å². The van der Waals surface area contributed by atoms with Crippen LogP contribution in [0.1, 0.15) is 6.42 Å². The van der Waals surface area contributed by atoms with E-state index in [1.165, 1.54) is 0 Å². The van der Waals surface area contributed by atoms with Gasteiger partial charge >= 0.3 is 0 Å². The van der Waals surface area contributed by atoms with Crippen molar-refractivity contribution in [2.24, 2.45) is 0 Å². The smallest absolute Gasteiger partial charge is 0.121 e. The van der Waals surface area contributed by atoms with Crippen LogP contribution in [0.15, 0.2) is 0 Å². The Balaban J connectivity index is 2.49. The van der Waals surface area contributed by atoms with Crippen molar-refractivity contribution in [3.63, 3.8) is 0 Å². The number of hydrogen-bond donors (Lipinski definition) is 1. The second kappa shape index (κ2) is 4.63. The third-order valence-electron chi connectivity index (χ3n) is 0.512. The van der Waals surface area contributed by atoms with Crippen LogP contribution in [0.4, 0.5) is 0 Å². The Morgan fingerprint density at radius 2 is 2.50 bits per heavy atom. The molecule has 1 N–H and O–H groups in total. The van der Waals surface area contributed by atoms with E-state index in [0.717, 1.165) is 12.8 Å². The quantitative estimate of drug-likeness (QED) is 0.381. The fraction of sp³-hybridized carbons (Fsp3) is 0.750. The summed E-state index contributed by atoms with van der Waals surface area (Å²) in [6.45, 7) is 0.795. The lowest BCUT2D eigenvalue weighted by molar-refractivity contribution is -0.107. The molecule has 0 radical (unpaired) electrons. The van der Waals surface area contributed by atoms with Gasteiger partial charge in [-0.1, -0.05) is 0 Å². The van der Waals surface area contributed by atoms with Gasteiger partial charge in [-0.15, -0.1) is 0 Å². The van der Waals surface area contributed by atoms with Crippen LogP contribution in [0.2, 0.25) is 0 Å². The van der Waals surface area contributed by atoms with Gasteiger partial charge < -0.3 is 10.1 Å². The predicted molar refractivity (Wildman–Crippen MR) is 24.6 cm³/mol. The molecule has 0 unspecified atom stereocenters.